The summed E-state index contributed by atoms with van der Waals surface area (Å²) in [5, 5.41) is 22.8. The van der Waals surface area contributed by atoms with Crippen molar-refractivity contribution in [1.82, 2.24) is 0 Å². The number of non-ortho nitro benzene ring substituents is 1. The number of nitro groups is 1. The van der Waals surface area contributed by atoms with Gasteiger partial charge < -0.3 is 10.4 Å². The lowest BCUT2D eigenvalue weighted by Gasteiger charge is -2.08. The first-order valence-corrected chi connectivity index (χ1v) is 7.20. The second kappa shape index (κ2) is 6.23. The smallest absolute Gasteiger partial charge is 0.273 e. The molecule has 0 saturated heterocycles. The molecule has 2 aromatic rings. The van der Waals surface area contributed by atoms with Gasteiger partial charge in [0.05, 0.1) is 16.7 Å². The van der Waals surface area contributed by atoms with Crippen LogP contribution in [-0.4, -0.2) is 15.9 Å². The molecule has 6 nitrogen and oxygen atoms in total. The Morgan fingerprint density at radius 1 is 1.14 bits per heavy atom. The Kier molecular flexibility index (Phi) is 4.59. The van der Waals surface area contributed by atoms with E-state index in [0.29, 0.717) is 5.56 Å². The monoisotopic (exact) mass is 414 g/mol. The number of aromatic hydroxyl groups is 1. The summed E-state index contributed by atoms with van der Waals surface area (Å²) < 4.78 is 1.44. The van der Waals surface area contributed by atoms with Gasteiger partial charge in [-0.2, -0.15) is 0 Å². The summed E-state index contributed by atoms with van der Waals surface area (Å²) in [6.45, 7) is 0. The van der Waals surface area contributed by atoms with Crippen LogP contribution < -0.4 is 5.32 Å². The van der Waals surface area contributed by atoms with Gasteiger partial charge in [-0.3, -0.25) is 14.9 Å². The number of rotatable bonds is 3. The molecular formula is C13H8Br2N2O4. The number of hydrogen-bond donors (Lipinski definition) is 2. The van der Waals surface area contributed by atoms with Crippen LogP contribution in [0.2, 0.25) is 0 Å². The average Bonchev–Trinajstić information content (AvgIpc) is 2.39. The van der Waals surface area contributed by atoms with Crippen molar-refractivity contribution < 1.29 is 14.8 Å². The maximum Gasteiger partial charge on any atom is 0.273 e. The summed E-state index contributed by atoms with van der Waals surface area (Å²) in [6.07, 6.45) is 0. The molecule has 0 aliphatic rings. The molecule has 0 aliphatic heterocycles. The molecule has 108 valence electrons. The lowest BCUT2D eigenvalue weighted by molar-refractivity contribution is -0.384. The fraction of sp³-hybridized carbons (Fsp3) is 0. The highest BCUT2D eigenvalue weighted by molar-refractivity contribution is 9.11. The molecule has 0 unspecified atom stereocenters. The highest BCUT2D eigenvalue weighted by atomic mass is 79.9. The number of phenols is 1. The molecule has 0 aliphatic carbocycles. The van der Waals surface area contributed by atoms with Gasteiger partial charge >= 0.3 is 0 Å². The zero-order chi connectivity index (χ0) is 15.6. The van der Waals surface area contributed by atoms with Gasteiger partial charge in [-0.15, -0.1) is 0 Å². The van der Waals surface area contributed by atoms with Crippen molar-refractivity contribution in [3.05, 3.63) is 61.0 Å². The van der Waals surface area contributed by atoms with Crippen molar-refractivity contribution in [2.45, 2.75) is 0 Å². The van der Waals surface area contributed by atoms with E-state index in [1.807, 2.05) is 0 Å². The Bertz CT molecular complexity index is 714. The number of nitrogens with one attached hydrogen (secondary N) is 1. The Morgan fingerprint density at radius 2 is 1.76 bits per heavy atom. The lowest BCUT2D eigenvalue weighted by atomic mass is 10.2. The molecule has 0 bridgehead atoms. The number of phenolic OH excluding ortho intramolecular Hbond substituents is 1. The van der Waals surface area contributed by atoms with E-state index in [0.717, 1.165) is 15.0 Å². The summed E-state index contributed by atoms with van der Waals surface area (Å²) >= 11 is 6.54. The normalized spacial score (nSPS) is 10.2. The van der Waals surface area contributed by atoms with Crippen molar-refractivity contribution in [2.75, 3.05) is 5.32 Å². The van der Waals surface area contributed by atoms with E-state index >= 15 is 0 Å². The summed E-state index contributed by atoms with van der Waals surface area (Å²) in [7, 11) is 0. The van der Waals surface area contributed by atoms with Crippen molar-refractivity contribution in [2.24, 2.45) is 0 Å². The van der Waals surface area contributed by atoms with E-state index in [4.69, 9.17) is 0 Å². The van der Waals surface area contributed by atoms with E-state index in [1.165, 1.54) is 12.1 Å². The van der Waals surface area contributed by atoms with Crippen LogP contribution in [0.25, 0.3) is 0 Å². The average molecular weight is 416 g/mol. The van der Waals surface area contributed by atoms with Gasteiger partial charge in [-0.1, -0.05) is 31.9 Å². The number of anilines is 1. The quantitative estimate of drug-likeness (QED) is 0.448. The third-order valence-corrected chi connectivity index (χ3v) is 3.48. The predicted molar refractivity (Wildman–Crippen MR) is 84.6 cm³/mol. The Hall–Kier alpha value is -1.93. The first kappa shape index (κ1) is 15.5. The van der Waals surface area contributed by atoms with Crippen LogP contribution in [-0.2, 0) is 0 Å². The van der Waals surface area contributed by atoms with Gasteiger partial charge in [0, 0.05) is 20.6 Å². The van der Waals surface area contributed by atoms with Crippen molar-refractivity contribution >= 4 is 49.1 Å². The van der Waals surface area contributed by atoms with Gasteiger partial charge in [-0.05, 0) is 24.3 Å². The van der Waals surface area contributed by atoms with E-state index < -0.39 is 10.8 Å². The van der Waals surface area contributed by atoms with Gasteiger partial charge in [0.1, 0.15) is 5.75 Å². The number of amides is 1. The number of hydrogen-bond acceptors (Lipinski definition) is 4. The Labute approximate surface area is 136 Å². The minimum absolute atomic E-state index is 0.0988. The van der Waals surface area contributed by atoms with Crippen LogP contribution in [0, 0.1) is 10.1 Å². The van der Waals surface area contributed by atoms with E-state index in [9.17, 15) is 20.0 Å². The molecule has 2 aromatic carbocycles. The molecule has 0 spiro atoms. The second-order valence-corrected chi connectivity index (χ2v) is 5.90. The number of benzene rings is 2. The van der Waals surface area contributed by atoms with Crippen LogP contribution in [0.15, 0.2) is 45.3 Å². The number of carbonyl (C=O) groups excluding carboxylic acids is 1. The maximum atomic E-state index is 12.1. The highest BCUT2D eigenvalue weighted by Gasteiger charge is 2.13. The highest BCUT2D eigenvalue weighted by Crippen LogP contribution is 2.28. The zero-order valence-corrected chi connectivity index (χ0v) is 13.5. The third-order valence-electron chi connectivity index (χ3n) is 2.57. The molecule has 0 atom stereocenters. The molecule has 1 amide bonds. The standard InChI is InChI=1S/C13H8Br2N2O4/c14-8-3-7(4-9(15)5-8)13(19)16-11-2-1-10(17(20)21)6-12(11)18/h1-6,18H,(H,16,19). The lowest BCUT2D eigenvalue weighted by Crippen LogP contribution is -2.12. The van der Waals surface area contributed by atoms with Crippen LogP contribution in [0.4, 0.5) is 11.4 Å². The van der Waals surface area contributed by atoms with Gasteiger partial charge in [0.2, 0.25) is 0 Å². The third kappa shape index (κ3) is 3.79. The molecule has 0 heterocycles. The van der Waals surface area contributed by atoms with Crippen LogP contribution in [0.3, 0.4) is 0 Å². The summed E-state index contributed by atoms with van der Waals surface area (Å²) in [5.74, 6) is -0.812. The van der Waals surface area contributed by atoms with Gasteiger partial charge in [0.25, 0.3) is 11.6 Å². The fourth-order valence-electron chi connectivity index (χ4n) is 1.62. The topological polar surface area (TPSA) is 92.5 Å². The first-order chi connectivity index (χ1) is 9.86. The van der Waals surface area contributed by atoms with Crippen LogP contribution in [0.1, 0.15) is 10.4 Å². The number of carbonyl (C=O) groups is 1. The largest absolute Gasteiger partial charge is 0.506 e. The van der Waals surface area contributed by atoms with Crippen LogP contribution >= 0.6 is 31.9 Å². The van der Waals surface area contributed by atoms with Crippen molar-refractivity contribution in [1.29, 1.82) is 0 Å². The van der Waals surface area contributed by atoms with E-state index in [2.05, 4.69) is 37.2 Å². The van der Waals surface area contributed by atoms with Gasteiger partial charge in [0.15, 0.2) is 0 Å². The second-order valence-electron chi connectivity index (χ2n) is 4.07. The summed E-state index contributed by atoms with van der Waals surface area (Å²) in [5.41, 5.74) is 0.214. The number of halogens is 2. The summed E-state index contributed by atoms with van der Waals surface area (Å²) in [6, 6.07) is 8.46. The molecule has 0 aromatic heterocycles. The minimum Gasteiger partial charge on any atom is -0.506 e. The van der Waals surface area contributed by atoms with E-state index in [1.54, 1.807) is 18.2 Å². The SMILES string of the molecule is O=C(Nc1ccc([N+](=O)[O-])cc1O)c1cc(Br)cc(Br)c1. The molecule has 2 N–H and O–H groups in total. The molecule has 0 radical (unpaired) electrons. The molecule has 0 saturated carbocycles. The first-order valence-electron chi connectivity index (χ1n) is 5.61. The molecule has 21 heavy (non-hydrogen) atoms. The van der Waals surface area contributed by atoms with Crippen molar-refractivity contribution in [3.63, 3.8) is 0 Å². The fourth-order valence-corrected chi connectivity index (χ4v) is 2.91. The predicted octanol–water partition coefficient (Wildman–Crippen LogP) is 4.08. The maximum absolute atomic E-state index is 12.1. The summed E-state index contributed by atoms with van der Waals surface area (Å²) in [4.78, 5) is 22.0. The Balaban J connectivity index is 2.25. The van der Waals surface area contributed by atoms with E-state index in [-0.39, 0.29) is 17.1 Å². The molecule has 8 heteroatoms. The van der Waals surface area contributed by atoms with Crippen molar-refractivity contribution in [3.8, 4) is 5.75 Å². The van der Waals surface area contributed by atoms with Gasteiger partial charge in [-0.25, -0.2) is 0 Å². The molecular weight excluding hydrogens is 408 g/mol. The molecule has 2 rings (SSSR count). The minimum atomic E-state index is -0.628. The number of nitro benzene ring substituents is 1. The molecule has 0 fully saturated rings. The number of nitrogens with zero attached hydrogens (tertiary/aromatic N) is 1. The van der Waals surface area contributed by atoms with Crippen LogP contribution in [0.5, 0.6) is 5.75 Å². The zero-order valence-electron chi connectivity index (χ0n) is 10.3. The Morgan fingerprint density at radius 3 is 2.29 bits per heavy atom.